The Morgan fingerprint density at radius 3 is 2.88 bits per heavy atom. The number of nitrogens with one attached hydrogen (secondary N) is 2. The molecule has 1 atom stereocenters. The zero-order valence-electron chi connectivity index (χ0n) is 13.0. The molecule has 1 aliphatic carbocycles. The van der Waals surface area contributed by atoms with E-state index >= 15 is 0 Å². The number of pyridine rings is 1. The topological polar surface area (TPSA) is 74.2 Å². The molecule has 0 saturated heterocycles. The van der Waals surface area contributed by atoms with E-state index in [1.807, 2.05) is 18.2 Å². The molecular weight excluding hydrogens is 302 g/mol. The van der Waals surface area contributed by atoms with Gasteiger partial charge in [0.1, 0.15) is 5.82 Å². The Balaban J connectivity index is 1.58. The van der Waals surface area contributed by atoms with Crippen LogP contribution in [0.25, 0.3) is 10.9 Å². The number of carboxylic acid groups (broad SMARTS) is 1. The van der Waals surface area contributed by atoms with Gasteiger partial charge in [0.25, 0.3) is 0 Å². The van der Waals surface area contributed by atoms with Gasteiger partial charge in [-0.15, -0.1) is 0 Å². The van der Waals surface area contributed by atoms with E-state index in [0.717, 1.165) is 29.6 Å². The average molecular weight is 319 g/mol. The summed E-state index contributed by atoms with van der Waals surface area (Å²) >= 11 is 0. The molecule has 3 N–H and O–H groups in total. The molecule has 4 rings (SSSR count). The number of carbonyl (C=O) groups is 1. The van der Waals surface area contributed by atoms with Crippen LogP contribution in [-0.4, -0.2) is 16.2 Å². The molecule has 0 aliphatic heterocycles. The molecule has 120 valence electrons. The molecule has 1 aliphatic rings. The van der Waals surface area contributed by atoms with Crippen molar-refractivity contribution >= 4 is 28.5 Å². The van der Waals surface area contributed by atoms with Gasteiger partial charge in [-0.2, -0.15) is 0 Å². The predicted molar refractivity (Wildman–Crippen MR) is 94.5 cm³/mol. The van der Waals surface area contributed by atoms with Crippen LogP contribution in [0.3, 0.4) is 0 Å². The van der Waals surface area contributed by atoms with Crippen LogP contribution in [0.15, 0.2) is 54.6 Å². The van der Waals surface area contributed by atoms with Gasteiger partial charge in [0, 0.05) is 11.1 Å². The van der Waals surface area contributed by atoms with Gasteiger partial charge in [-0.05, 0) is 54.3 Å². The lowest BCUT2D eigenvalue weighted by Gasteiger charge is -2.15. The molecule has 1 aromatic heterocycles. The smallest absolute Gasteiger partial charge is 0.409 e. The van der Waals surface area contributed by atoms with E-state index in [1.165, 1.54) is 11.1 Å². The highest BCUT2D eigenvalue weighted by Gasteiger charge is 2.21. The first-order chi connectivity index (χ1) is 11.7. The molecule has 0 unspecified atom stereocenters. The molecule has 1 amide bonds. The number of hydrogen-bond donors (Lipinski definition) is 3. The van der Waals surface area contributed by atoms with Crippen LogP contribution < -0.4 is 10.6 Å². The number of rotatable bonds is 3. The van der Waals surface area contributed by atoms with Gasteiger partial charge in [0.2, 0.25) is 0 Å². The monoisotopic (exact) mass is 319 g/mol. The zero-order valence-corrected chi connectivity index (χ0v) is 13.0. The summed E-state index contributed by atoms with van der Waals surface area (Å²) in [6.07, 6.45) is 1.09. The molecule has 5 nitrogen and oxygen atoms in total. The Hall–Kier alpha value is -3.08. The van der Waals surface area contributed by atoms with Crippen molar-refractivity contribution in [2.75, 3.05) is 10.6 Å². The summed E-state index contributed by atoms with van der Waals surface area (Å²) in [4.78, 5) is 15.4. The summed E-state index contributed by atoms with van der Waals surface area (Å²) < 4.78 is 0. The molecule has 2 aromatic carbocycles. The van der Waals surface area contributed by atoms with E-state index < -0.39 is 6.09 Å². The summed E-state index contributed by atoms with van der Waals surface area (Å²) in [5.74, 6) is 0.836. The van der Waals surface area contributed by atoms with Gasteiger partial charge in [-0.1, -0.05) is 24.3 Å². The van der Waals surface area contributed by atoms with Crippen LogP contribution in [0.4, 0.5) is 16.3 Å². The lowest BCUT2D eigenvalue weighted by Crippen LogP contribution is -2.08. The van der Waals surface area contributed by atoms with Crippen molar-refractivity contribution in [3.63, 3.8) is 0 Å². The first-order valence-corrected chi connectivity index (χ1v) is 7.94. The second-order valence-corrected chi connectivity index (χ2v) is 5.97. The van der Waals surface area contributed by atoms with Gasteiger partial charge in [-0.25, -0.2) is 9.78 Å². The number of nitrogens with zero attached hydrogens (tertiary/aromatic N) is 1. The van der Waals surface area contributed by atoms with Crippen LogP contribution in [0.2, 0.25) is 0 Å². The number of anilines is 2. The van der Waals surface area contributed by atoms with Crippen LogP contribution in [0.5, 0.6) is 0 Å². The molecule has 0 saturated carbocycles. The maximum atomic E-state index is 10.7. The summed E-state index contributed by atoms with van der Waals surface area (Å²) in [5.41, 5.74) is 4.13. The molecule has 24 heavy (non-hydrogen) atoms. The highest BCUT2D eigenvalue weighted by molar-refractivity contribution is 5.89. The third kappa shape index (κ3) is 2.76. The molecule has 0 fully saturated rings. The SMILES string of the molecule is O=C(O)Nc1ccc2nc(N[C@@H]3CCc4ccccc43)ccc2c1. The van der Waals surface area contributed by atoms with E-state index in [1.54, 1.807) is 12.1 Å². The lowest BCUT2D eigenvalue weighted by atomic mass is 10.1. The third-order valence-electron chi connectivity index (χ3n) is 4.40. The molecule has 0 radical (unpaired) electrons. The Morgan fingerprint density at radius 1 is 1.12 bits per heavy atom. The molecule has 0 bridgehead atoms. The second-order valence-electron chi connectivity index (χ2n) is 5.97. The molecule has 5 heteroatoms. The minimum atomic E-state index is -1.07. The van der Waals surface area contributed by atoms with Crippen molar-refractivity contribution in [3.05, 3.63) is 65.7 Å². The number of fused-ring (bicyclic) bond motifs is 2. The van der Waals surface area contributed by atoms with Gasteiger partial charge in [0.05, 0.1) is 11.6 Å². The lowest BCUT2D eigenvalue weighted by molar-refractivity contribution is 0.210. The van der Waals surface area contributed by atoms with Crippen LogP contribution in [-0.2, 0) is 6.42 Å². The highest BCUT2D eigenvalue weighted by atomic mass is 16.4. The van der Waals surface area contributed by atoms with E-state index in [9.17, 15) is 4.79 Å². The van der Waals surface area contributed by atoms with Gasteiger partial charge in [-0.3, -0.25) is 5.32 Å². The van der Waals surface area contributed by atoms with Crippen molar-refractivity contribution in [2.45, 2.75) is 18.9 Å². The van der Waals surface area contributed by atoms with Crippen molar-refractivity contribution in [1.29, 1.82) is 0 Å². The summed E-state index contributed by atoms with van der Waals surface area (Å²) in [6.45, 7) is 0. The Kier molecular flexibility index (Phi) is 3.54. The number of benzene rings is 2. The van der Waals surface area contributed by atoms with E-state index in [-0.39, 0.29) is 0 Å². The average Bonchev–Trinajstić information content (AvgIpc) is 2.98. The van der Waals surface area contributed by atoms with Crippen LogP contribution in [0.1, 0.15) is 23.6 Å². The largest absolute Gasteiger partial charge is 0.465 e. The number of aromatic nitrogens is 1. The fraction of sp³-hybridized carbons (Fsp3) is 0.158. The van der Waals surface area contributed by atoms with E-state index in [0.29, 0.717) is 11.7 Å². The van der Waals surface area contributed by atoms with Crippen molar-refractivity contribution in [3.8, 4) is 0 Å². The Morgan fingerprint density at radius 2 is 2.00 bits per heavy atom. The normalized spacial score (nSPS) is 15.9. The minimum absolute atomic E-state index is 0.291. The van der Waals surface area contributed by atoms with Gasteiger partial charge in [0.15, 0.2) is 0 Å². The maximum Gasteiger partial charge on any atom is 0.409 e. The predicted octanol–water partition coefficient (Wildman–Crippen LogP) is 4.42. The van der Waals surface area contributed by atoms with Gasteiger partial charge >= 0.3 is 6.09 Å². The molecule has 0 spiro atoms. The van der Waals surface area contributed by atoms with Crippen molar-refractivity contribution in [1.82, 2.24) is 4.98 Å². The van der Waals surface area contributed by atoms with E-state index in [4.69, 9.17) is 5.11 Å². The standard InChI is InChI=1S/C19H17N3O2/c23-19(24)20-14-7-9-16-13(11-14)6-10-18(21-16)22-17-8-5-12-3-1-2-4-15(12)17/h1-4,6-7,9-11,17,20H,5,8H2,(H,21,22)(H,23,24)/t17-/m1/s1. The molecule has 3 aromatic rings. The Bertz CT molecular complexity index is 923. The van der Waals surface area contributed by atoms with Gasteiger partial charge < -0.3 is 10.4 Å². The maximum absolute atomic E-state index is 10.7. The number of hydrogen-bond acceptors (Lipinski definition) is 3. The fourth-order valence-corrected chi connectivity index (χ4v) is 3.29. The van der Waals surface area contributed by atoms with E-state index in [2.05, 4.69) is 39.9 Å². The summed E-state index contributed by atoms with van der Waals surface area (Å²) in [5, 5.41) is 15.6. The number of aryl methyl sites for hydroxylation is 1. The first-order valence-electron chi connectivity index (χ1n) is 7.94. The van der Waals surface area contributed by atoms with Crippen LogP contribution >= 0.6 is 0 Å². The minimum Gasteiger partial charge on any atom is -0.465 e. The molecular formula is C19H17N3O2. The zero-order chi connectivity index (χ0) is 16.5. The fourth-order valence-electron chi connectivity index (χ4n) is 3.29. The van der Waals surface area contributed by atoms with Crippen LogP contribution in [0, 0.1) is 0 Å². The van der Waals surface area contributed by atoms with Crippen molar-refractivity contribution < 1.29 is 9.90 Å². The summed E-state index contributed by atoms with van der Waals surface area (Å²) in [7, 11) is 0. The highest BCUT2D eigenvalue weighted by Crippen LogP contribution is 2.33. The summed E-state index contributed by atoms with van der Waals surface area (Å²) in [6, 6.07) is 18.0. The third-order valence-corrected chi connectivity index (χ3v) is 4.40. The Labute approximate surface area is 139 Å². The van der Waals surface area contributed by atoms with Crippen molar-refractivity contribution in [2.24, 2.45) is 0 Å². The second kappa shape index (κ2) is 5.85. The molecule has 1 heterocycles. The first kappa shape index (κ1) is 14.5. The quantitative estimate of drug-likeness (QED) is 0.668. The number of amides is 1.